The fraction of sp³-hybridized carbons (Fsp3) is 0.429. The van der Waals surface area contributed by atoms with Crippen molar-refractivity contribution in [1.82, 2.24) is 4.98 Å². The number of aromatic nitrogens is 1. The number of nitrogens with zero attached hydrogens (tertiary/aromatic N) is 2. The van der Waals surface area contributed by atoms with Crippen LogP contribution < -0.4 is 10.2 Å². The van der Waals surface area contributed by atoms with Crippen molar-refractivity contribution in [3.8, 4) is 0 Å². The number of alkyl halides is 3. The fourth-order valence-corrected chi connectivity index (χ4v) is 3.27. The van der Waals surface area contributed by atoms with Crippen molar-refractivity contribution in [2.75, 3.05) is 16.8 Å². The van der Waals surface area contributed by atoms with Crippen molar-refractivity contribution in [1.29, 1.82) is 0 Å². The third kappa shape index (κ3) is 5.25. The van der Waals surface area contributed by atoms with Crippen LogP contribution in [0.25, 0.3) is 0 Å². The van der Waals surface area contributed by atoms with Crippen LogP contribution in [0.5, 0.6) is 0 Å². The molecule has 0 fully saturated rings. The lowest BCUT2D eigenvalue weighted by Gasteiger charge is -2.20. The Labute approximate surface area is 166 Å². The third-order valence-corrected chi connectivity index (χ3v) is 4.59. The molecule has 0 radical (unpaired) electrons. The number of benzene rings is 1. The topological polar surface area (TPSA) is 45.2 Å². The van der Waals surface area contributed by atoms with E-state index in [0.29, 0.717) is 36.5 Å². The number of amides is 1. The van der Waals surface area contributed by atoms with Gasteiger partial charge in [0.2, 0.25) is 5.91 Å². The van der Waals surface area contributed by atoms with Crippen LogP contribution in [0.2, 0.25) is 0 Å². The highest BCUT2D eigenvalue weighted by atomic mass is 19.4. The molecule has 2 heterocycles. The Morgan fingerprint density at radius 3 is 2.41 bits per heavy atom. The summed E-state index contributed by atoms with van der Waals surface area (Å²) in [5.41, 5.74) is 1.01. The molecular formula is C21H23F4N3O. The molecule has 0 saturated heterocycles. The molecule has 4 nitrogen and oxygen atoms in total. The quantitative estimate of drug-likeness (QED) is 0.708. The van der Waals surface area contributed by atoms with Crippen molar-refractivity contribution in [3.05, 3.63) is 53.0 Å². The van der Waals surface area contributed by atoms with E-state index in [2.05, 4.69) is 10.3 Å². The molecule has 1 aliphatic heterocycles. The molecular weight excluding hydrogens is 386 g/mol. The van der Waals surface area contributed by atoms with Gasteiger partial charge in [-0.25, -0.2) is 9.37 Å². The van der Waals surface area contributed by atoms with Crippen LogP contribution >= 0.6 is 0 Å². The molecule has 0 saturated carbocycles. The van der Waals surface area contributed by atoms with Gasteiger partial charge in [-0.3, -0.25) is 4.79 Å². The van der Waals surface area contributed by atoms with Gasteiger partial charge in [-0.05, 0) is 23.1 Å². The first-order chi connectivity index (χ1) is 13.4. The zero-order valence-electron chi connectivity index (χ0n) is 16.5. The molecule has 2 aromatic rings. The summed E-state index contributed by atoms with van der Waals surface area (Å²) in [5, 5.41) is 2.53. The Hall–Kier alpha value is -2.64. The molecule has 3 rings (SSSR count). The smallest absolute Gasteiger partial charge is 0.365 e. The lowest BCUT2D eigenvalue weighted by Crippen LogP contribution is -2.21. The van der Waals surface area contributed by atoms with Crippen LogP contribution in [-0.4, -0.2) is 17.4 Å². The molecule has 0 unspecified atom stereocenters. The molecule has 1 aliphatic rings. The third-order valence-electron chi connectivity index (χ3n) is 4.59. The van der Waals surface area contributed by atoms with Crippen LogP contribution in [0.1, 0.15) is 44.0 Å². The van der Waals surface area contributed by atoms with Gasteiger partial charge in [-0.2, -0.15) is 13.2 Å². The highest BCUT2D eigenvalue weighted by Crippen LogP contribution is 2.33. The van der Waals surface area contributed by atoms with Crippen molar-refractivity contribution in [2.45, 2.75) is 46.3 Å². The molecule has 29 heavy (non-hydrogen) atoms. The van der Waals surface area contributed by atoms with Crippen molar-refractivity contribution < 1.29 is 22.4 Å². The zero-order chi connectivity index (χ0) is 21.4. The van der Waals surface area contributed by atoms with Crippen molar-refractivity contribution >= 4 is 17.4 Å². The van der Waals surface area contributed by atoms with Crippen LogP contribution in [0.3, 0.4) is 0 Å². The number of fused-ring (bicyclic) bond motifs is 1. The molecule has 0 atom stereocenters. The molecule has 0 spiro atoms. The zero-order valence-corrected chi connectivity index (χ0v) is 16.5. The number of pyridine rings is 1. The molecule has 156 valence electrons. The number of hydrogen-bond acceptors (Lipinski definition) is 3. The van der Waals surface area contributed by atoms with E-state index in [4.69, 9.17) is 0 Å². The highest BCUT2D eigenvalue weighted by molar-refractivity contribution is 5.90. The van der Waals surface area contributed by atoms with Crippen molar-refractivity contribution in [3.63, 3.8) is 0 Å². The van der Waals surface area contributed by atoms with Gasteiger partial charge in [0.25, 0.3) is 0 Å². The van der Waals surface area contributed by atoms with Gasteiger partial charge in [-0.15, -0.1) is 0 Å². The lowest BCUT2D eigenvalue weighted by atomic mass is 9.92. The van der Waals surface area contributed by atoms with Crippen LogP contribution in [-0.2, 0) is 23.9 Å². The minimum atomic E-state index is -4.38. The number of anilines is 2. The van der Waals surface area contributed by atoms with E-state index >= 15 is 0 Å². The predicted octanol–water partition coefficient (Wildman–Crippen LogP) is 5.18. The molecule has 1 aromatic carbocycles. The van der Waals surface area contributed by atoms with E-state index in [-0.39, 0.29) is 23.6 Å². The molecule has 1 N–H and O–H groups in total. The SMILES string of the molecule is CC(C)(C)CC(=O)Nc1nc2c(cc1F)N(Cc1ccc(C(F)(F)F)cc1)CC2. The summed E-state index contributed by atoms with van der Waals surface area (Å²) in [6.45, 7) is 6.67. The summed E-state index contributed by atoms with van der Waals surface area (Å²) >= 11 is 0. The average molecular weight is 409 g/mol. The summed E-state index contributed by atoms with van der Waals surface area (Å²) in [5.74, 6) is -1.02. The maximum Gasteiger partial charge on any atom is 0.416 e. The first kappa shape index (κ1) is 21.1. The Bertz CT molecular complexity index is 902. The average Bonchev–Trinajstić information content (AvgIpc) is 2.95. The minimum Gasteiger partial charge on any atom is -0.365 e. The number of carbonyl (C=O) groups excluding carboxylic acids is 1. The maximum atomic E-state index is 14.5. The Morgan fingerprint density at radius 1 is 1.17 bits per heavy atom. The van der Waals surface area contributed by atoms with Gasteiger partial charge in [-0.1, -0.05) is 32.9 Å². The fourth-order valence-electron chi connectivity index (χ4n) is 3.27. The molecule has 1 aromatic heterocycles. The monoisotopic (exact) mass is 409 g/mol. The summed E-state index contributed by atoms with van der Waals surface area (Å²) < 4.78 is 52.6. The van der Waals surface area contributed by atoms with E-state index < -0.39 is 17.6 Å². The van der Waals surface area contributed by atoms with Gasteiger partial charge in [0, 0.05) is 32.0 Å². The Balaban J connectivity index is 1.73. The number of hydrogen-bond donors (Lipinski definition) is 1. The minimum absolute atomic E-state index is 0.0885. The van der Waals surface area contributed by atoms with Gasteiger partial charge < -0.3 is 10.2 Å². The second-order valence-electron chi connectivity index (χ2n) is 8.44. The molecule has 8 heteroatoms. The summed E-state index contributed by atoms with van der Waals surface area (Å²) in [4.78, 5) is 18.2. The Kier molecular flexibility index (Phi) is 5.56. The summed E-state index contributed by atoms with van der Waals surface area (Å²) in [6.07, 6.45) is -3.57. The van der Waals surface area contributed by atoms with Gasteiger partial charge in [0.15, 0.2) is 11.6 Å². The first-order valence-corrected chi connectivity index (χ1v) is 9.33. The standard InChI is InChI=1S/C21H23F4N3O/c1-20(2,3)11-18(29)27-19-15(22)10-17-16(26-19)8-9-28(17)12-13-4-6-14(7-5-13)21(23,24)25/h4-7,10H,8-9,11-12H2,1-3H3,(H,26,27,29). The largest absolute Gasteiger partial charge is 0.416 e. The second-order valence-corrected chi connectivity index (χ2v) is 8.44. The predicted molar refractivity (Wildman–Crippen MR) is 103 cm³/mol. The number of nitrogens with one attached hydrogen (secondary N) is 1. The van der Waals surface area contributed by atoms with Gasteiger partial charge in [0.05, 0.1) is 16.9 Å². The number of halogens is 4. The second kappa shape index (κ2) is 7.65. The molecule has 1 amide bonds. The Morgan fingerprint density at radius 2 is 1.83 bits per heavy atom. The normalized spacial score (nSPS) is 14.1. The highest BCUT2D eigenvalue weighted by Gasteiger charge is 2.30. The summed E-state index contributed by atoms with van der Waals surface area (Å²) in [7, 11) is 0. The van der Waals surface area contributed by atoms with E-state index in [0.717, 1.165) is 12.1 Å². The van der Waals surface area contributed by atoms with E-state index in [1.165, 1.54) is 18.2 Å². The van der Waals surface area contributed by atoms with E-state index in [1.54, 1.807) is 0 Å². The molecule has 0 aliphatic carbocycles. The van der Waals surface area contributed by atoms with E-state index in [1.807, 2.05) is 25.7 Å². The van der Waals surface area contributed by atoms with Crippen LogP contribution in [0.4, 0.5) is 29.1 Å². The molecule has 0 bridgehead atoms. The van der Waals surface area contributed by atoms with E-state index in [9.17, 15) is 22.4 Å². The summed E-state index contributed by atoms with van der Waals surface area (Å²) in [6, 6.07) is 6.25. The van der Waals surface area contributed by atoms with Crippen LogP contribution in [0.15, 0.2) is 30.3 Å². The number of rotatable bonds is 4. The van der Waals surface area contributed by atoms with Gasteiger partial charge in [0.1, 0.15) is 0 Å². The van der Waals surface area contributed by atoms with Crippen LogP contribution in [0, 0.1) is 11.2 Å². The van der Waals surface area contributed by atoms with Gasteiger partial charge >= 0.3 is 6.18 Å². The maximum absolute atomic E-state index is 14.5. The van der Waals surface area contributed by atoms with Crippen molar-refractivity contribution in [2.24, 2.45) is 5.41 Å². The number of carbonyl (C=O) groups is 1. The first-order valence-electron chi connectivity index (χ1n) is 9.33. The lowest BCUT2D eigenvalue weighted by molar-refractivity contribution is -0.137.